The van der Waals surface area contributed by atoms with E-state index in [4.69, 9.17) is 46.4 Å². The third-order valence-corrected chi connectivity index (χ3v) is 27.0. The lowest BCUT2D eigenvalue weighted by molar-refractivity contribution is -0.136. The highest BCUT2D eigenvalue weighted by Gasteiger charge is 2.42. The first kappa shape index (κ1) is 102. The molecule has 0 radical (unpaired) electrons. The summed E-state index contributed by atoms with van der Waals surface area (Å²) >= 11 is 24.3. The number of carbonyl (C=O) groups excluding carboxylic acids is 4. The summed E-state index contributed by atoms with van der Waals surface area (Å²) in [6, 6.07) is 31.5. The maximum atomic E-state index is 13.9. The third-order valence-electron chi connectivity index (χ3n) is 26.0. The first-order chi connectivity index (χ1) is 64.6. The number of amides is 4. The lowest BCUT2D eigenvalue weighted by atomic mass is 9.91. The number of carbonyl (C=O) groups is 4. The SMILES string of the molecule is C=C1CC(C(F)F)c2c(ncnc2N2CCN(C(=O)[C@H](CNC(C)C)c3ccc(Cl)cc3)CC2)N1.C=C1CCc2c(ncnc2N2CCN(C(=O)[C@H](CNC(C)C)c3ccc(Cl)cc3)CC2)N1.C=C1C[C@@H](C)c2c(ncnc2N2CCN(C(=O)[C@H](CNC(C)C)c3ccc(Cl)cc3)[C@@H](C)C2)N1.C=C1C[C@@H](C)c2c(ncnc2N2CCN(C(=O)[C@H](CNC(C)C)c3ccc(Cl)cc3)[C@H](C)C2)N1. The van der Waals surface area contributed by atoms with Gasteiger partial charge in [0, 0.05) is 219 Å². The molecule has 0 bridgehead atoms. The topological polar surface area (TPSA) is 294 Å². The molecule has 4 aromatic heterocycles. The molecule has 8 aliphatic heterocycles. The smallest absolute Gasteiger partial charge is 0.246 e. The van der Waals surface area contributed by atoms with Crippen molar-refractivity contribution >= 4 is 117 Å². The van der Waals surface area contributed by atoms with E-state index in [1.165, 1.54) is 6.33 Å². The van der Waals surface area contributed by atoms with Gasteiger partial charge in [0.05, 0.1) is 29.6 Å². The number of anilines is 8. The molecular formula is C101H132Cl4F2N24O4. The number of nitrogens with one attached hydrogen (secondary N) is 8. The minimum absolute atomic E-state index is 0.0354. The van der Waals surface area contributed by atoms with E-state index in [0.717, 1.165) is 156 Å². The van der Waals surface area contributed by atoms with Crippen molar-refractivity contribution in [3.05, 3.63) is 236 Å². The first-order valence-electron chi connectivity index (χ1n) is 47.2. The second kappa shape index (κ2) is 46.9. The number of halogens is 6. The fraction of sp³-hybridized carbons (Fsp3) is 0.485. The summed E-state index contributed by atoms with van der Waals surface area (Å²) in [5.41, 5.74) is 11.2. The molecule has 1 unspecified atom stereocenters. The van der Waals surface area contributed by atoms with E-state index >= 15 is 0 Å². The molecule has 8 aromatic rings. The van der Waals surface area contributed by atoms with Crippen LogP contribution in [0.1, 0.15) is 195 Å². The second-order valence-corrected chi connectivity index (χ2v) is 39.4. The van der Waals surface area contributed by atoms with Crippen LogP contribution in [0.15, 0.2) is 171 Å². The van der Waals surface area contributed by atoms with Gasteiger partial charge in [0.2, 0.25) is 30.1 Å². The Morgan fingerprint density at radius 3 is 0.985 bits per heavy atom. The molecular weight excluding hydrogens is 1790 g/mol. The average molecular weight is 1930 g/mol. The van der Waals surface area contributed by atoms with Crippen molar-refractivity contribution in [3.63, 3.8) is 0 Å². The molecule has 4 saturated heterocycles. The lowest BCUT2D eigenvalue weighted by Crippen LogP contribution is -2.56. The van der Waals surface area contributed by atoms with Gasteiger partial charge in [0.1, 0.15) is 71.9 Å². The number of hydrogen-bond acceptors (Lipinski definition) is 24. The van der Waals surface area contributed by atoms with Crippen LogP contribution in [0.25, 0.3) is 0 Å². The Balaban J connectivity index is 0.000000153. The van der Waals surface area contributed by atoms with Crippen molar-refractivity contribution in [2.75, 3.05) is 159 Å². The molecule has 8 aliphatic rings. The van der Waals surface area contributed by atoms with Gasteiger partial charge in [0.15, 0.2) is 0 Å². The molecule has 4 amide bonds. The van der Waals surface area contributed by atoms with Crippen molar-refractivity contribution in [1.82, 2.24) is 80.7 Å². The zero-order valence-corrected chi connectivity index (χ0v) is 82.8. The van der Waals surface area contributed by atoms with Gasteiger partial charge in [-0.3, -0.25) is 19.2 Å². The Labute approximate surface area is 814 Å². The summed E-state index contributed by atoms with van der Waals surface area (Å²) in [7, 11) is 0. The Bertz CT molecular complexity index is 5270. The maximum absolute atomic E-state index is 13.9. The standard InChI is InChI=1S/2C26H35ClN6O.C25H31ClF2N6O.C24H31ClN6O/c2*1-16(2)28-13-22(20-6-8-21(27)9-7-20)26(34)33-11-10-32(14-19(33)5)25-23-17(3)12-18(4)31-24(23)29-15-30-25;1-15(2)29-13-20(17-4-6-18(26)7-5-17)25(35)34-10-8-33(9-11-34)24-21-19(22(27)28)12-16(3)32-23(21)30-14-31-24;1-16(2)26-14-21(18-5-7-19(25)8-6-18)24(32)31-12-10-30(11-13-31)23-20-9-4-17(3)29-22(20)27-15-28-23/h2*6-9,15-17,19,22,28H,4,10-14H2,1-3,5H3,(H,29,30,31);4-7,14-15,19-20,22,29H,3,8-13H2,1-2H3,(H,30,31,32);5-8,15-16,21,26H,3-4,9-14H2,1-2H3,(H,27,28,29)/t17-,19+,22-;17-,19-,22-;19?,20-;21-/m1111/s1. The average Bonchev–Trinajstić information content (AvgIpc) is 0.782. The van der Waals surface area contributed by atoms with Crippen molar-refractivity contribution in [3.8, 4) is 0 Å². The van der Waals surface area contributed by atoms with E-state index < -0.39 is 12.3 Å². The summed E-state index contributed by atoms with van der Waals surface area (Å²) in [6.45, 7) is 52.6. The zero-order valence-electron chi connectivity index (χ0n) is 79.8. The number of alkyl halides is 2. The summed E-state index contributed by atoms with van der Waals surface area (Å²) in [4.78, 5) is 107. The highest BCUT2D eigenvalue weighted by molar-refractivity contribution is 6.31. The van der Waals surface area contributed by atoms with Crippen molar-refractivity contribution in [2.24, 2.45) is 0 Å². The third kappa shape index (κ3) is 26.0. The van der Waals surface area contributed by atoms with Crippen LogP contribution in [0.3, 0.4) is 0 Å². The van der Waals surface area contributed by atoms with Crippen LogP contribution in [-0.2, 0) is 25.6 Å². The van der Waals surface area contributed by atoms with Crippen LogP contribution >= 0.6 is 46.4 Å². The molecule has 12 heterocycles. The van der Waals surface area contributed by atoms with E-state index in [9.17, 15) is 28.0 Å². The molecule has 16 rings (SSSR count). The largest absolute Gasteiger partial charge is 0.353 e. The Kier molecular flexibility index (Phi) is 35.3. The molecule has 28 nitrogen and oxygen atoms in total. The normalized spacial score (nSPS) is 19.7. The fourth-order valence-corrected chi connectivity index (χ4v) is 19.3. The van der Waals surface area contributed by atoms with Crippen LogP contribution in [0, 0.1) is 0 Å². The van der Waals surface area contributed by atoms with Gasteiger partial charge in [-0.15, -0.1) is 0 Å². The van der Waals surface area contributed by atoms with Crippen LogP contribution in [0.5, 0.6) is 0 Å². The molecule has 4 fully saturated rings. The summed E-state index contributed by atoms with van der Waals surface area (Å²) in [6.07, 6.45) is 7.31. The number of hydrogen-bond donors (Lipinski definition) is 8. The lowest BCUT2D eigenvalue weighted by Gasteiger charge is -2.43. The molecule has 0 aliphatic carbocycles. The van der Waals surface area contributed by atoms with Gasteiger partial charge < -0.3 is 81.7 Å². The second-order valence-electron chi connectivity index (χ2n) is 37.6. The number of benzene rings is 4. The van der Waals surface area contributed by atoms with E-state index in [0.29, 0.717) is 151 Å². The van der Waals surface area contributed by atoms with Gasteiger partial charge in [-0.1, -0.05) is 190 Å². The number of nitrogens with zero attached hydrogens (tertiary/aromatic N) is 16. The van der Waals surface area contributed by atoms with Crippen LogP contribution in [0.2, 0.25) is 20.1 Å². The monoisotopic (exact) mass is 1920 g/mol. The molecule has 34 heteroatoms. The minimum atomic E-state index is -2.55. The van der Waals surface area contributed by atoms with Gasteiger partial charge in [-0.25, -0.2) is 48.7 Å². The Hall–Kier alpha value is -10.7. The first-order valence-corrected chi connectivity index (χ1v) is 48.8. The summed E-state index contributed by atoms with van der Waals surface area (Å²) in [5, 5.41) is 29.3. The highest BCUT2D eigenvalue weighted by atomic mass is 35.5. The quantitative estimate of drug-likeness (QED) is 0.0264. The van der Waals surface area contributed by atoms with Crippen molar-refractivity contribution in [2.45, 2.75) is 199 Å². The molecule has 135 heavy (non-hydrogen) atoms. The fourth-order valence-electron chi connectivity index (χ4n) is 18.8. The van der Waals surface area contributed by atoms with Crippen LogP contribution in [0.4, 0.5) is 55.3 Å². The van der Waals surface area contributed by atoms with Gasteiger partial charge in [-0.2, -0.15) is 0 Å². The van der Waals surface area contributed by atoms with E-state index in [2.05, 4.69) is 193 Å². The van der Waals surface area contributed by atoms with Crippen molar-refractivity contribution < 1.29 is 28.0 Å². The predicted molar refractivity (Wildman–Crippen MR) is 541 cm³/mol. The van der Waals surface area contributed by atoms with Crippen LogP contribution < -0.4 is 62.1 Å². The van der Waals surface area contributed by atoms with Gasteiger partial charge in [0.25, 0.3) is 0 Å². The Morgan fingerprint density at radius 1 is 0.363 bits per heavy atom. The molecule has 9 atom stereocenters. The van der Waals surface area contributed by atoms with Crippen molar-refractivity contribution in [1.29, 1.82) is 0 Å². The van der Waals surface area contributed by atoms with Gasteiger partial charge >= 0.3 is 0 Å². The minimum Gasteiger partial charge on any atom is -0.353 e. The van der Waals surface area contributed by atoms with E-state index in [1.54, 1.807) is 31.1 Å². The summed E-state index contributed by atoms with van der Waals surface area (Å²) in [5.74, 6) is 5.34. The predicted octanol–water partition coefficient (Wildman–Crippen LogP) is 16.4. The number of rotatable bonds is 25. The molecule has 0 spiro atoms. The maximum Gasteiger partial charge on any atom is 0.246 e. The van der Waals surface area contributed by atoms with Crippen LogP contribution in [-0.4, -0.2) is 244 Å². The number of piperazine rings is 4. The molecule has 8 N–H and O–H groups in total. The molecule has 722 valence electrons. The molecule has 4 aromatic carbocycles. The number of allylic oxidation sites excluding steroid dienone is 4. The highest BCUT2D eigenvalue weighted by Crippen LogP contribution is 2.45. The number of fused-ring (bicyclic) bond motifs is 4. The summed E-state index contributed by atoms with van der Waals surface area (Å²) < 4.78 is 27.8. The van der Waals surface area contributed by atoms with E-state index in [1.807, 2.05) is 123 Å². The Morgan fingerprint density at radius 2 is 0.652 bits per heavy atom. The zero-order chi connectivity index (χ0) is 96.6. The number of aromatic nitrogens is 8. The van der Waals surface area contributed by atoms with E-state index in [-0.39, 0.29) is 71.8 Å². The van der Waals surface area contributed by atoms with Gasteiger partial charge in [-0.05, 0) is 129 Å². The molecule has 0 saturated carbocycles.